The van der Waals surface area contributed by atoms with Gasteiger partial charge in [-0.05, 0) is 37.8 Å². The normalized spacial score (nSPS) is 15.7. The summed E-state index contributed by atoms with van der Waals surface area (Å²) in [5.74, 6) is 1.88. The van der Waals surface area contributed by atoms with E-state index >= 15 is 0 Å². The van der Waals surface area contributed by atoms with Gasteiger partial charge in [0.25, 0.3) is 0 Å². The minimum absolute atomic E-state index is 0. The highest BCUT2D eigenvalue weighted by Crippen LogP contribution is 2.20. The Hall–Kier alpha value is -0.980. The molecule has 1 fully saturated rings. The van der Waals surface area contributed by atoms with E-state index < -0.39 is 0 Å². The van der Waals surface area contributed by atoms with Crippen LogP contribution < -0.4 is 15.4 Å². The molecule has 5 heteroatoms. The second-order valence-electron chi connectivity index (χ2n) is 6.04. The molecule has 2 N–H and O–H groups in total. The van der Waals surface area contributed by atoms with Crippen LogP contribution in [0.25, 0.3) is 0 Å². The Labute approximate surface area is 157 Å². The van der Waals surface area contributed by atoms with Crippen molar-refractivity contribution in [3.05, 3.63) is 29.3 Å². The lowest BCUT2D eigenvalue weighted by Crippen LogP contribution is -2.44. The molecule has 4 nitrogen and oxygen atoms in total. The van der Waals surface area contributed by atoms with E-state index in [1.807, 2.05) is 13.1 Å². The molecule has 0 amide bonds. The first-order valence-electron chi connectivity index (χ1n) is 8.33. The molecule has 1 aliphatic rings. The number of methoxy groups -OCH3 is 1. The van der Waals surface area contributed by atoms with Gasteiger partial charge in [0, 0.05) is 19.6 Å². The summed E-state index contributed by atoms with van der Waals surface area (Å²) in [5, 5.41) is 6.96. The first kappa shape index (κ1) is 20.1. The van der Waals surface area contributed by atoms with Crippen molar-refractivity contribution in [1.29, 1.82) is 0 Å². The van der Waals surface area contributed by atoms with Gasteiger partial charge in [-0.25, -0.2) is 0 Å². The number of hydrogen-bond acceptors (Lipinski definition) is 2. The number of nitrogens with zero attached hydrogens (tertiary/aromatic N) is 1. The zero-order valence-corrected chi connectivity index (χ0v) is 16.9. The molecule has 0 aliphatic heterocycles. The van der Waals surface area contributed by atoms with Crippen molar-refractivity contribution in [3.63, 3.8) is 0 Å². The highest BCUT2D eigenvalue weighted by atomic mass is 127. The van der Waals surface area contributed by atoms with Gasteiger partial charge in [0.15, 0.2) is 5.96 Å². The maximum atomic E-state index is 5.43. The summed E-state index contributed by atoms with van der Waals surface area (Å²) in [7, 11) is 3.57. The minimum atomic E-state index is 0. The Balaban J connectivity index is 0.00000264. The molecule has 23 heavy (non-hydrogen) atoms. The zero-order chi connectivity index (χ0) is 15.8. The monoisotopic (exact) mass is 431 g/mol. The smallest absolute Gasteiger partial charge is 0.191 e. The van der Waals surface area contributed by atoms with E-state index in [2.05, 4.69) is 34.7 Å². The quantitative estimate of drug-likeness (QED) is 0.425. The Kier molecular flexibility index (Phi) is 9.36. The van der Waals surface area contributed by atoms with Crippen LogP contribution in [0.4, 0.5) is 0 Å². The molecule has 0 saturated heterocycles. The van der Waals surface area contributed by atoms with E-state index in [-0.39, 0.29) is 24.0 Å². The van der Waals surface area contributed by atoms with Gasteiger partial charge in [-0.3, -0.25) is 4.99 Å². The topological polar surface area (TPSA) is 45.7 Å². The summed E-state index contributed by atoms with van der Waals surface area (Å²) in [6.07, 6.45) is 7.47. The van der Waals surface area contributed by atoms with Crippen molar-refractivity contribution in [2.45, 2.75) is 51.5 Å². The number of nitrogens with one attached hydrogen (secondary N) is 2. The van der Waals surface area contributed by atoms with Gasteiger partial charge in [0.2, 0.25) is 0 Å². The van der Waals surface area contributed by atoms with E-state index in [9.17, 15) is 0 Å². The third-order valence-electron chi connectivity index (χ3n) is 4.29. The standard InChI is InChI=1S/C18H29N3O.HI/c1-14-9-10-17(22-3)15(13-14)11-12-20-18(19-2)21-16-7-5-4-6-8-16;/h9-10,13,16H,4-8,11-12H2,1-3H3,(H2,19,20,21);1H. The van der Waals surface area contributed by atoms with Crippen molar-refractivity contribution in [3.8, 4) is 5.75 Å². The lowest BCUT2D eigenvalue weighted by atomic mass is 9.96. The summed E-state index contributed by atoms with van der Waals surface area (Å²) in [6, 6.07) is 6.89. The third-order valence-corrected chi connectivity index (χ3v) is 4.29. The highest BCUT2D eigenvalue weighted by Gasteiger charge is 2.14. The molecule has 1 aliphatic carbocycles. The van der Waals surface area contributed by atoms with Gasteiger partial charge in [0.05, 0.1) is 7.11 Å². The fourth-order valence-corrected chi connectivity index (χ4v) is 3.05. The summed E-state index contributed by atoms with van der Waals surface area (Å²) in [4.78, 5) is 4.34. The van der Waals surface area contributed by atoms with Crippen LogP contribution in [0.5, 0.6) is 5.75 Å². The molecule has 130 valence electrons. The van der Waals surface area contributed by atoms with E-state index in [0.29, 0.717) is 6.04 Å². The highest BCUT2D eigenvalue weighted by molar-refractivity contribution is 14.0. The lowest BCUT2D eigenvalue weighted by Gasteiger charge is -2.25. The van der Waals surface area contributed by atoms with Gasteiger partial charge < -0.3 is 15.4 Å². The number of rotatable bonds is 5. The molecule has 0 radical (unpaired) electrons. The average molecular weight is 431 g/mol. The van der Waals surface area contributed by atoms with Crippen molar-refractivity contribution in [2.24, 2.45) is 4.99 Å². The fourth-order valence-electron chi connectivity index (χ4n) is 3.05. The number of aliphatic imine (C=N–C) groups is 1. The summed E-state index contributed by atoms with van der Waals surface area (Å²) in [6.45, 7) is 2.96. The molecule has 0 aromatic heterocycles. The molecule has 0 unspecified atom stereocenters. The number of ether oxygens (including phenoxy) is 1. The van der Waals surface area contributed by atoms with Gasteiger partial charge in [-0.1, -0.05) is 37.0 Å². The molecule has 0 atom stereocenters. The third kappa shape index (κ3) is 6.57. The minimum Gasteiger partial charge on any atom is -0.496 e. The maximum absolute atomic E-state index is 5.43. The van der Waals surface area contributed by atoms with Gasteiger partial charge >= 0.3 is 0 Å². The Bertz CT molecular complexity index is 499. The Morgan fingerprint density at radius 1 is 1.26 bits per heavy atom. The molecule has 1 saturated carbocycles. The van der Waals surface area contributed by atoms with E-state index in [0.717, 1.165) is 24.7 Å². The predicted molar refractivity (Wildman–Crippen MR) is 108 cm³/mol. The van der Waals surface area contributed by atoms with E-state index in [1.165, 1.54) is 43.2 Å². The van der Waals surface area contributed by atoms with Crippen LogP contribution in [0.3, 0.4) is 0 Å². The summed E-state index contributed by atoms with van der Waals surface area (Å²) in [5.41, 5.74) is 2.50. The van der Waals surface area contributed by atoms with Crippen LogP contribution in [-0.2, 0) is 6.42 Å². The Morgan fingerprint density at radius 2 is 2.00 bits per heavy atom. The van der Waals surface area contributed by atoms with Crippen molar-refractivity contribution < 1.29 is 4.74 Å². The number of guanidine groups is 1. The SMILES string of the molecule is CN=C(NCCc1cc(C)ccc1OC)NC1CCCCC1.I. The number of hydrogen-bond donors (Lipinski definition) is 2. The predicted octanol–water partition coefficient (Wildman–Crippen LogP) is 3.66. The van der Waals surface area contributed by atoms with Crippen LogP contribution in [-0.4, -0.2) is 32.7 Å². The van der Waals surface area contributed by atoms with E-state index in [1.54, 1.807) is 7.11 Å². The Morgan fingerprint density at radius 3 is 2.65 bits per heavy atom. The number of benzene rings is 1. The molecular weight excluding hydrogens is 401 g/mol. The molecular formula is C18H30IN3O. The largest absolute Gasteiger partial charge is 0.496 e. The second-order valence-corrected chi connectivity index (χ2v) is 6.04. The molecule has 1 aromatic carbocycles. The zero-order valence-electron chi connectivity index (χ0n) is 14.5. The van der Waals surface area contributed by atoms with Crippen molar-refractivity contribution >= 4 is 29.9 Å². The second kappa shape index (κ2) is 10.7. The average Bonchev–Trinajstić information content (AvgIpc) is 2.55. The van der Waals surface area contributed by atoms with Crippen molar-refractivity contribution in [1.82, 2.24) is 10.6 Å². The summed E-state index contributed by atoms with van der Waals surface area (Å²) < 4.78 is 5.43. The van der Waals surface area contributed by atoms with Crippen molar-refractivity contribution in [2.75, 3.05) is 20.7 Å². The van der Waals surface area contributed by atoms with Gasteiger partial charge in [-0.15, -0.1) is 24.0 Å². The number of aryl methyl sites for hydroxylation is 1. The first-order chi connectivity index (χ1) is 10.7. The van der Waals surface area contributed by atoms with Crippen LogP contribution in [0.2, 0.25) is 0 Å². The molecule has 0 spiro atoms. The molecule has 0 heterocycles. The van der Waals surface area contributed by atoms with Crippen LogP contribution in [0.15, 0.2) is 23.2 Å². The molecule has 0 bridgehead atoms. The lowest BCUT2D eigenvalue weighted by molar-refractivity contribution is 0.407. The fraction of sp³-hybridized carbons (Fsp3) is 0.611. The molecule has 2 rings (SSSR count). The van der Waals surface area contributed by atoms with Crippen LogP contribution in [0.1, 0.15) is 43.2 Å². The molecule has 1 aromatic rings. The first-order valence-corrected chi connectivity index (χ1v) is 8.33. The van der Waals surface area contributed by atoms with Crippen LogP contribution in [0, 0.1) is 6.92 Å². The van der Waals surface area contributed by atoms with Gasteiger partial charge in [-0.2, -0.15) is 0 Å². The van der Waals surface area contributed by atoms with Crippen LogP contribution >= 0.6 is 24.0 Å². The van der Waals surface area contributed by atoms with Gasteiger partial charge in [0.1, 0.15) is 5.75 Å². The summed E-state index contributed by atoms with van der Waals surface area (Å²) >= 11 is 0. The maximum Gasteiger partial charge on any atom is 0.191 e. The number of halogens is 1. The van der Waals surface area contributed by atoms with E-state index in [4.69, 9.17) is 4.74 Å².